The number of hydrogen-bond acceptors (Lipinski definition) is 2. The Bertz CT molecular complexity index is 664. The van der Waals surface area contributed by atoms with Gasteiger partial charge in [-0.15, -0.1) is 0 Å². The van der Waals surface area contributed by atoms with Crippen LogP contribution in [-0.2, 0) is 15.8 Å². The Kier molecular flexibility index (Phi) is 5.02. The third kappa shape index (κ3) is 4.60. The van der Waals surface area contributed by atoms with Crippen molar-refractivity contribution in [3.63, 3.8) is 0 Å². The van der Waals surface area contributed by atoms with E-state index in [1.54, 1.807) is 0 Å². The average molecular weight is 303 g/mol. The minimum absolute atomic E-state index is 0.0129. The second kappa shape index (κ2) is 6.76. The van der Waals surface area contributed by atoms with E-state index in [4.69, 9.17) is 0 Å². The molecule has 0 saturated heterocycles. The molecule has 2 rings (SSSR count). The van der Waals surface area contributed by atoms with E-state index >= 15 is 0 Å². The van der Waals surface area contributed by atoms with Crippen LogP contribution in [0.5, 0.6) is 0 Å². The Morgan fingerprint density at radius 2 is 1.62 bits per heavy atom. The molecular weight excluding hydrogens is 282 g/mol. The minimum atomic E-state index is -3.38. The van der Waals surface area contributed by atoms with E-state index in [9.17, 15) is 8.42 Å². The maximum absolute atomic E-state index is 12.1. The lowest BCUT2D eigenvalue weighted by molar-refractivity contribution is 0.600. The first-order valence-corrected chi connectivity index (χ1v) is 8.80. The molecule has 0 aliphatic rings. The Morgan fingerprint density at radius 3 is 2.19 bits per heavy atom. The maximum Gasteiger partial charge on any atom is 0.236 e. The highest BCUT2D eigenvalue weighted by molar-refractivity contribution is 7.91. The molecule has 0 heterocycles. The zero-order valence-electron chi connectivity index (χ0n) is 12.4. The topological polar surface area (TPSA) is 46.2 Å². The van der Waals surface area contributed by atoms with Crippen LogP contribution < -0.4 is 4.72 Å². The third-order valence-corrected chi connectivity index (χ3v) is 4.83. The lowest BCUT2D eigenvalue weighted by Crippen LogP contribution is -2.15. The van der Waals surface area contributed by atoms with Gasteiger partial charge in [0.1, 0.15) is 0 Å². The Balaban J connectivity index is 2.06. The molecule has 0 radical (unpaired) electrons. The van der Waals surface area contributed by atoms with Crippen LogP contribution in [0.25, 0.3) is 0 Å². The fourth-order valence-electron chi connectivity index (χ4n) is 2.12. The molecule has 0 fully saturated rings. The summed E-state index contributed by atoms with van der Waals surface area (Å²) >= 11 is 0. The molecule has 0 saturated carbocycles. The van der Waals surface area contributed by atoms with Gasteiger partial charge in [0.15, 0.2) is 0 Å². The van der Waals surface area contributed by atoms with Gasteiger partial charge in [0.05, 0.1) is 5.75 Å². The van der Waals surface area contributed by atoms with E-state index < -0.39 is 10.0 Å². The molecule has 3 nitrogen and oxygen atoms in total. The molecular formula is C17H21NO2S. The third-order valence-electron chi connectivity index (χ3n) is 3.56. The van der Waals surface area contributed by atoms with Crippen LogP contribution in [0.4, 0.5) is 5.69 Å². The highest BCUT2D eigenvalue weighted by Gasteiger charge is 2.12. The second-order valence-electron chi connectivity index (χ2n) is 5.28. The second-order valence-corrected chi connectivity index (χ2v) is 7.00. The molecule has 0 aliphatic carbocycles. The molecule has 1 unspecified atom stereocenters. The van der Waals surface area contributed by atoms with Gasteiger partial charge in [-0.1, -0.05) is 56.3 Å². The molecule has 4 heteroatoms. The van der Waals surface area contributed by atoms with Crippen LogP contribution in [0.15, 0.2) is 54.6 Å². The monoisotopic (exact) mass is 303 g/mol. The van der Waals surface area contributed by atoms with E-state index in [1.165, 1.54) is 5.56 Å². The number of nitrogens with one attached hydrogen (secondary N) is 1. The first-order chi connectivity index (χ1) is 10.00. The van der Waals surface area contributed by atoms with Gasteiger partial charge in [-0.05, 0) is 35.6 Å². The van der Waals surface area contributed by atoms with E-state index in [1.807, 2.05) is 54.6 Å². The predicted octanol–water partition coefficient (Wildman–Crippen LogP) is 4.14. The smallest absolute Gasteiger partial charge is 0.236 e. The number of anilines is 1. The number of rotatable bonds is 6. The van der Waals surface area contributed by atoms with Gasteiger partial charge in [-0.25, -0.2) is 8.42 Å². The zero-order valence-corrected chi connectivity index (χ0v) is 13.2. The van der Waals surface area contributed by atoms with Gasteiger partial charge in [-0.3, -0.25) is 4.72 Å². The average Bonchev–Trinajstić information content (AvgIpc) is 2.47. The quantitative estimate of drug-likeness (QED) is 0.871. The first-order valence-electron chi connectivity index (χ1n) is 7.14. The Morgan fingerprint density at radius 1 is 1.00 bits per heavy atom. The summed E-state index contributed by atoms with van der Waals surface area (Å²) in [5, 5.41) is 0. The maximum atomic E-state index is 12.1. The van der Waals surface area contributed by atoms with Gasteiger partial charge < -0.3 is 0 Å². The summed E-state index contributed by atoms with van der Waals surface area (Å²) in [7, 11) is -3.38. The van der Waals surface area contributed by atoms with Crippen molar-refractivity contribution < 1.29 is 8.42 Å². The lowest BCUT2D eigenvalue weighted by Gasteiger charge is -2.11. The summed E-state index contributed by atoms with van der Waals surface area (Å²) in [6.07, 6.45) is 1.07. The van der Waals surface area contributed by atoms with Gasteiger partial charge in [0.2, 0.25) is 10.0 Å². The standard InChI is InChI=1S/C17H21NO2S/c1-3-14(2)16-9-11-17(12-10-16)18-21(19,20)13-15-7-5-4-6-8-15/h4-12,14,18H,3,13H2,1-2H3. The first kappa shape index (κ1) is 15.6. The van der Waals surface area contributed by atoms with Gasteiger partial charge in [-0.2, -0.15) is 0 Å². The van der Waals surface area contributed by atoms with Crippen LogP contribution in [0.3, 0.4) is 0 Å². The Labute approximate surface area is 127 Å². The molecule has 2 aromatic rings. The number of benzene rings is 2. The van der Waals surface area contributed by atoms with Gasteiger partial charge in [0.25, 0.3) is 0 Å². The summed E-state index contributed by atoms with van der Waals surface area (Å²) < 4.78 is 26.9. The van der Waals surface area contributed by atoms with Crippen LogP contribution >= 0.6 is 0 Å². The summed E-state index contributed by atoms with van der Waals surface area (Å²) in [6.45, 7) is 4.30. The Hall–Kier alpha value is -1.81. The van der Waals surface area contributed by atoms with Crippen LogP contribution in [0, 0.1) is 0 Å². The fraction of sp³-hybridized carbons (Fsp3) is 0.294. The molecule has 0 amide bonds. The van der Waals surface area contributed by atoms with E-state index in [2.05, 4.69) is 18.6 Å². The van der Waals surface area contributed by atoms with Gasteiger partial charge in [0, 0.05) is 5.69 Å². The van der Waals surface area contributed by atoms with E-state index in [0.29, 0.717) is 11.6 Å². The van der Waals surface area contributed by atoms with E-state index in [-0.39, 0.29) is 5.75 Å². The predicted molar refractivity (Wildman–Crippen MR) is 87.8 cm³/mol. The number of hydrogen-bond donors (Lipinski definition) is 1. The largest absolute Gasteiger partial charge is 0.283 e. The van der Waals surface area contributed by atoms with Crippen molar-refractivity contribution in [1.29, 1.82) is 0 Å². The zero-order chi connectivity index (χ0) is 15.3. The molecule has 21 heavy (non-hydrogen) atoms. The van der Waals surface area contributed by atoms with Crippen molar-refractivity contribution in [2.75, 3.05) is 4.72 Å². The molecule has 1 atom stereocenters. The molecule has 0 spiro atoms. The summed E-state index contributed by atoms with van der Waals surface area (Å²) in [5.41, 5.74) is 2.61. The molecule has 2 aromatic carbocycles. The summed E-state index contributed by atoms with van der Waals surface area (Å²) in [5.74, 6) is 0.473. The van der Waals surface area contributed by atoms with Gasteiger partial charge >= 0.3 is 0 Å². The molecule has 0 aliphatic heterocycles. The normalized spacial score (nSPS) is 12.9. The molecule has 112 valence electrons. The van der Waals surface area contributed by atoms with Crippen molar-refractivity contribution in [3.8, 4) is 0 Å². The van der Waals surface area contributed by atoms with Crippen LogP contribution in [0.1, 0.15) is 37.3 Å². The van der Waals surface area contributed by atoms with Crippen molar-refractivity contribution in [2.24, 2.45) is 0 Å². The summed E-state index contributed by atoms with van der Waals surface area (Å²) in [6, 6.07) is 16.8. The molecule has 1 N–H and O–H groups in total. The number of sulfonamides is 1. The van der Waals surface area contributed by atoms with Crippen LogP contribution in [-0.4, -0.2) is 8.42 Å². The van der Waals surface area contributed by atoms with Crippen LogP contribution in [0.2, 0.25) is 0 Å². The van der Waals surface area contributed by atoms with Crippen molar-refractivity contribution in [3.05, 3.63) is 65.7 Å². The summed E-state index contributed by atoms with van der Waals surface area (Å²) in [4.78, 5) is 0. The highest BCUT2D eigenvalue weighted by atomic mass is 32.2. The fourth-order valence-corrected chi connectivity index (χ4v) is 3.32. The van der Waals surface area contributed by atoms with Crippen molar-refractivity contribution in [1.82, 2.24) is 0 Å². The highest BCUT2D eigenvalue weighted by Crippen LogP contribution is 2.21. The van der Waals surface area contributed by atoms with Crippen molar-refractivity contribution in [2.45, 2.75) is 31.9 Å². The lowest BCUT2D eigenvalue weighted by atomic mass is 9.99. The molecule has 0 bridgehead atoms. The SMILES string of the molecule is CCC(C)c1ccc(NS(=O)(=O)Cc2ccccc2)cc1. The molecule has 0 aromatic heterocycles. The minimum Gasteiger partial charge on any atom is -0.283 e. The van der Waals surface area contributed by atoms with E-state index in [0.717, 1.165) is 12.0 Å². The van der Waals surface area contributed by atoms with Crippen molar-refractivity contribution >= 4 is 15.7 Å².